The van der Waals surface area contributed by atoms with Crippen LogP contribution in [-0.2, 0) is 6.54 Å². The van der Waals surface area contributed by atoms with Gasteiger partial charge in [0.05, 0.1) is 0 Å². The van der Waals surface area contributed by atoms with E-state index in [1.165, 1.54) is 11.1 Å². The zero-order chi connectivity index (χ0) is 12.0. The molecule has 16 heavy (non-hydrogen) atoms. The summed E-state index contributed by atoms with van der Waals surface area (Å²) in [7, 11) is 0. The summed E-state index contributed by atoms with van der Waals surface area (Å²) in [5.41, 5.74) is 2.34. The number of hydrogen-bond acceptors (Lipinski definition) is 2. The van der Waals surface area contributed by atoms with Gasteiger partial charge in [0, 0.05) is 32.0 Å². The second kappa shape index (κ2) is 6.59. The highest BCUT2D eigenvalue weighted by Gasteiger charge is 2.21. The molecule has 0 amide bonds. The molecule has 1 aromatic rings. The van der Waals surface area contributed by atoms with Crippen LogP contribution in [0.5, 0.6) is 0 Å². The molecule has 0 radical (unpaired) electrons. The Morgan fingerprint density at radius 3 is 2.75 bits per heavy atom. The van der Waals surface area contributed by atoms with Crippen molar-refractivity contribution >= 4 is 0 Å². The quantitative estimate of drug-likeness (QED) is 0.767. The van der Waals surface area contributed by atoms with Gasteiger partial charge in [0.1, 0.15) is 6.17 Å². The van der Waals surface area contributed by atoms with Crippen molar-refractivity contribution in [2.45, 2.75) is 39.9 Å². The molecule has 1 saturated heterocycles. The number of aromatic nitrogens is 1. The second-order valence-electron chi connectivity index (χ2n) is 3.99. The van der Waals surface area contributed by atoms with Crippen molar-refractivity contribution in [3.63, 3.8) is 0 Å². The number of likely N-dealkylation sites (tertiary alicyclic amines) is 1. The first-order valence-corrected chi connectivity index (χ1v) is 6.01. The van der Waals surface area contributed by atoms with Gasteiger partial charge in [-0.1, -0.05) is 19.9 Å². The molecule has 2 rings (SSSR count). The van der Waals surface area contributed by atoms with Crippen LogP contribution in [0.3, 0.4) is 0 Å². The molecule has 3 heteroatoms. The predicted molar refractivity (Wildman–Crippen MR) is 65.1 cm³/mol. The van der Waals surface area contributed by atoms with Gasteiger partial charge in [-0.25, -0.2) is 4.39 Å². The third-order valence-electron chi connectivity index (χ3n) is 2.55. The fourth-order valence-electron chi connectivity index (χ4n) is 1.89. The van der Waals surface area contributed by atoms with Crippen molar-refractivity contribution in [3.8, 4) is 0 Å². The highest BCUT2D eigenvalue weighted by molar-refractivity contribution is 5.16. The normalized spacial score (nSPS) is 20.4. The number of aryl methyl sites for hydroxylation is 1. The molecule has 1 aliphatic rings. The molecular weight excluding hydrogens is 203 g/mol. The fraction of sp³-hybridized carbons (Fsp3) is 0.615. The Morgan fingerprint density at radius 2 is 2.19 bits per heavy atom. The van der Waals surface area contributed by atoms with Gasteiger partial charge in [0.15, 0.2) is 0 Å². The van der Waals surface area contributed by atoms with E-state index in [2.05, 4.69) is 16.0 Å². The Kier molecular flexibility index (Phi) is 5.39. The van der Waals surface area contributed by atoms with Crippen LogP contribution >= 0.6 is 0 Å². The van der Waals surface area contributed by atoms with Crippen LogP contribution in [-0.4, -0.2) is 29.1 Å². The molecular formula is C13H21FN2. The number of halogens is 1. The molecule has 0 N–H and O–H groups in total. The van der Waals surface area contributed by atoms with Crippen molar-refractivity contribution in [3.05, 3.63) is 29.6 Å². The van der Waals surface area contributed by atoms with E-state index in [0.717, 1.165) is 13.1 Å². The third kappa shape index (κ3) is 3.89. The third-order valence-corrected chi connectivity index (χ3v) is 2.55. The van der Waals surface area contributed by atoms with E-state index in [1.807, 2.05) is 33.2 Å². The molecule has 1 aromatic heterocycles. The topological polar surface area (TPSA) is 16.1 Å². The van der Waals surface area contributed by atoms with Crippen molar-refractivity contribution in [2.75, 3.05) is 13.1 Å². The van der Waals surface area contributed by atoms with Crippen LogP contribution in [0.4, 0.5) is 4.39 Å². The average Bonchev–Trinajstić information content (AvgIpc) is 2.67. The summed E-state index contributed by atoms with van der Waals surface area (Å²) in [6, 6.07) is 2.11. The van der Waals surface area contributed by atoms with Gasteiger partial charge in [-0.15, -0.1) is 0 Å². The lowest BCUT2D eigenvalue weighted by atomic mass is 10.2. The van der Waals surface area contributed by atoms with E-state index < -0.39 is 6.17 Å². The van der Waals surface area contributed by atoms with Gasteiger partial charge >= 0.3 is 0 Å². The van der Waals surface area contributed by atoms with Crippen molar-refractivity contribution in [1.29, 1.82) is 0 Å². The highest BCUT2D eigenvalue weighted by Crippen LogP contribution is 2.15. The molecule has 1 aliphatic heterocycles. The Balaban J connectivity index is 0.000000606. The van der Waals surface area contributed by atoms with Crippen molar-refractivity contribution in [2.24, 2.45) is 0 Å². The van der Waals surface area contributed by atoms with Crippen LogP contribution in [0.2, 0.25) is 0 Å². The molecule has 1 atom stereocenters. The maximum atomic E-state index is 12.9. The van der Waals surface area contributed by atoms with E-state index in [4.69, 9.17) is 0 Å². The minimum Gasteiger partial charge on any atom is -0.296 e. The van der Waals surface area contributed by atoms with E-state index >= 15 is 0 Å². The summed E-state index contributed by atoms with van der Waals surface area (Å²) in [5, 5.41) is 0. The smallest absolute Gasteiger partial charge is 0.114 e. The highest BCUT2D eigenvalue weighted by atomic mass is 19.1. The molecule has 0 spiro atoms. The zero-order valence-corrected chi connectivity index (χ0v) is 10.4. The lowest BCUT2D eigenvalue weighted by Gasteiger charge is -2.14. The number of pyridine rings is 1. The Morgan fingerprint density at radius 1 is 1.44 bits per heavy atom. The molecule has 0 aromatic carbocycles. The Hall–Kier alpha value is -0.960. The first-order valence-electron chi connectivity index (χ1n) is 6.01. The van der Waals surface area contributed by atoms with E-state index in [-0.39, 0.29) is 0 Å². The fourth-order valence-corrected chi connectivity index (χ4v) is 1.89. The zero-order valence-electron chi connectivity index (χ0n) is 10.4. The van der Waals surface area contributed by atoms with Gasteiger partial charge < -0.3 is 0 Å². The summed E-state index contributed by atoms with van der Waals surface area (Å²) in [4.78, 5) is 6.26. The van der Waals surface area contributed by atoms with Crippen LogP contribution in [0.1, 0.15) is 31.4 Å². The molecule has 0 aliphatic carbocycles. The van der Waals surface area contributed by atoms with E-state index in [1.54, 1.807) is 0 Å². The lowest BCUT2D eigenvalue weighted by Crippen LogP contribution is -2.20. The Labute approximate surface area is 97.5 Å². The van der Waals surface area contributed by atoms with Gasteiger partial charge in [0.25, 0.3) is 0 Å². The number of nitrogens with zero attached hydrogens (tertiary/aromatic N) is 2. The first kappa shape index (κ1) is 13.1. The van der Waals surface area contributed by atoms with E-state index in [0.29, 0.717) is 13.0 Å². The second-order valence-corrected chi connectivity index (χ2v) is 3.99. The lowest BCUT2D eigenvalue weighted by molar-refractivity contribution is 0.282. The number of rotatable bonds is 2. The summed E-state index contributed by atoms with van der Waals surface area (Å²) in [6.07, 6.45) is 3.75. The van der Waals surface area contributed by atoms with Crippen LogP contribution in [0, 0.1) is 6.92 Å². The number of hydrogen-bond donors (Lipinski definition) is 0. The van der Waals surface area contributed by atoms with Gasteiger partial charge in [-0.2, -0.15) is 0 Å². The first-order chi connectivity index (χ1) is 7.74. The van der Waals surface area contributed by atoms with Crippen molar-refractivity contribution < 1.29 is 4.39 Å². The molecule has 90 valence electrons. The summed E-state index contributed by atoms with van der Waals surface area (Å²) >= 11 is 0. The molecule has 2 heterocycles. The summed E-state index contributed by atoms with van der Waals surface area (Å²) < 4.78 is 12.9. The van der Waals surface area contributed by atoms with Crippen molar-refractivity contribution in [1.82, 2.24) is 9.88 Å². The standard InChI is InChI=1S/C11H15FN2.C2H6/c1-9-4-10(6-13-5-9)7-14-3-2-11(12)8-14;1-2/h4-6,11H,2-3,7-8H2,1H3;1-2H3. The summed E-state index contributed by atoms with van der Waals surface area (Å²) in [6.45, 7) is 8.30. The largest absolute Gasteiger partial charge is 0.296 e. The summed E-state index contributed by atoms with van der Waals surface area (Å²) in [5.74, 6) is 0. The van der Waals surface area contributed by atoms with Crippen LogP contribution < -0.4 is 0 Å². The molecule has 1 fully saturated rings. The maximum absolute atomic E-state index is 12.9. The van der Waals surface area contributed by atoms with Gasteiger partial charge in [-0.3, -0.25) is 9.88 Å². The van der Waals surface area contributed by atoms with E-state index in [9.17, 15) is 4.39 Å². The monoisotopic (exact) mass is 224 g/mol. The number of alkyl halides is 1. The van der Waals surface area contributed by atoms with Gasteiger partial charge in [0.2, 0.25) is 0 Å². The molecule has 0 saturated carbocycles. The average molecular weight is 224 g/mol. The minimum atomic E-state index is -0.632. The SMILES string of the molecule is CC.Cc1cncc(CN2CCC(F)C2)c1. The molecule has 0 bridgehead atoms. The van der Waals surface area contributed by atoms with Crippen LogP contribution in [0.15, 0.2) is 18.5 Å². The molecule has 1 unspecified atom stereocenters. The van der Waals surface area contributed by atoms with Crippen LogP contribution in [0.25, 0.3) is 0 Å². The minimum absolute atomic E-state index is 0.577. The predicted octanol–water partition coefficient (Wildman–Crippen LogP) is 2.96. The Bertz CT molecular complexity index is 315. The molecule has 2 nitrogen and oxygen atoms in total. The maximum Gasteiger partial charge on any atom is 0.114 e. The van der Waals surface area contributed by atoms with Gasteiger partial charge in [-0.05, 0) is 24.5 Å².